The lowest BCUT2D eigenvalue weighted by molar-refractivity contribution is 0.545. The van der Waals surface area contributed by atoms with E-state index in [1.807, 2.05) is 0 Å². The van der Waals surface area contributed by atoms with Crippen molar-refractivity contribution in [2.24, 2.45) is 5.92 Å². The molecule has 0 aliphatic heterocycles. The summed E-state index contributed by atoms with van der Waals surface area (Å²) in [5, 5.41) is 9.11. The number of nitrogens with zero attached hydrogens (tertiary/aromatic N) is 1. The molecule has 2 atom stereocenters. The monoisotopic (exact) mass is 510 g/mol. The quantitative estimate of drug-likeness (QED) is 0.158. The summed E-state index contributed by atoms with van der Waals surface area (Å²) in [6.07, 6.45) is 6.45. The van der Waals surface area contributed by atoms with Crippen LogP contribution in [0.4, 0.5) is 0 Å². The van der Waals surface area contributed by atoms with Gasteiger partial charge in [-0.25, -0.2) is 0 Å². The second kappa shape index (κ2) is 12.1. The highest BCUT2D eigenvalue weighted by Gasteiger charge is 2.24. The van der Waals surface area contributed by atoms with Gasteiger partial charge in [0.05, 0.1) is 17.4 Å². The summed E-state index contributed by atoms with van der Waals surface area (Å²) in [5.74, 6) is 0.386. The van der Waals surface area contributed by atoms with Crippen molar-refractivity contribution in [3.8, 4) is 11.3 Å². The first kappa shape index (κ1) is 26.4. The molecule has 2 nitrogen and oxygen atoms in total. The van der Waals surface area contributed by atoms with Crippen molar-refractivity contribution in [2.75, 3.05) is 0 Å². The lowest BCUT2D eigenvalue weighted by Crippen LogP contribution is -2.28. The highest BCUT2D eigenvalue weighted by Crippen LogP contribution is 2.37. The Balaban J connectivity index is 1.81. The predicted molar refractivity (Wildman–Crippen MR) is 168 cm³/mol. The van der Waals surface area contributed by atoms with Crippen molar-refractivity contribution in [2.45, 2.75) is 46.6 Å². The van der Waals surface area contributed by atoms with E-state index in [9.17, 15) is 0 Å². The van der Waals surface area contributed by atoms with Gasteiger partial charge in [-0.15, -0.1) is 0 Å². The standard InChI is InChI=1S/C37H38N2/c1-5-16-27(7-3)36(26(4)6-2)39-37(34-24-15-23-33(38-34)28-17-9-8-10-18-28)35-31-21-13-11-19-29(31)25-30-20-12-14-22-32(30)35/h5,8-26,37,39H,6-7H2,1-4H3/b16-5-,36-27+. The zero-order valence-electron chi connectivity index (χ0n) is 23.5. The molecule has 196 valence electrons. The fourth-order valence-corrected chi connectivity index (χ4v) is 5.55. The summed E-state index contributed by atoms with van der Waals surface area (Å²) < 4.78 is 0. The van der Waals surface area contributed by atoms with E-state index in [4.69, 9.17) is 4.98 Å². The van der Waals surface area contributed by atoms with Gasteiger partial charge in [0.2, 0.25) is 0 Å². The molecule has 1 N–H and O–H groups in total. The molecule has 0 aliphatic carbocycles. The molecule has 0 amide bonds. The van der Waals surface area contributed by atoms with Crippen molar-refractivity contribution < 1.29 is 0 Å². The van der Waals surface area contributed by atoms with E-state index in [1.165, 1.54) is 38.4 Å². The Hall–Kier alpha value is -4.17. The summed E-state index contributed by atoms with van der Waals surface area (Å²) >= 11 is 0. The number of fused-ring (bicyclic) bond motifs is 2. The second-order valence-electron chi connectivity index (χ2n) is 10.2. The molecular weight excluding hydrogens is 472 g/mol. The van der Waals surface area contributed by atoms with Gasteiger partial charge >= 0.3 is 0 Å². The molecule has 2 heteroatoms. The fourth-order valence-electron chi connectivity index (χ4n) is 5.55. The van der Waals surface area contributed by atoms with E-state index in [0.717, 1.165) is 29.8 Å². The normalized spacial score (nSPS) is 13.9. The summed E-state index contributed by atoms with van der Waals surface area (Å²) in [5.41, 5.74) is 7.06. The molecule has 0 saturated carbocycles. The van der Waals surface area contributed by atoms with Crippen molar-refractivity contribution in [3.05, 3.63) is 138 Å². The third kappa shape index (κ3) is 5.52. The number of aromatic nitrogens is 1. The van der Waals surface area contributed by atoms with Gasteiger partial charge in [-0.1, -0.05) is 118 Å². The average molecular weight is 511 g/mol. The van der Waals surface area contributed by atoms with Gasteiger partial charge in [0.25, 0.3) is 0 Å². The fraction of sp³-hybridized carbons (Fsp3) is 0.216. The van der Waals surface area contributed by atoms with E-state index in [-0.39, 0.29) is 6.04 Å². The average Bonchev–Trinajstić information content (AvgIpc) is 3.00. The van der Waals surface area contributed by atoms with E-state index >= 15 is 0 Å². The Morgan fingerprint density at radius 2 is 1.44 bits per heavy atom. The molecule has 1 heterocycles. The minimum Gasteiger partial charge on any atom is -0.376 e. The minimum atomic E-state index is -0.125. The van der Waals surface area contributed by atoms with Crippen LogP contribution in [0.25, 0.3) is 32.8 Å². The molecule has 0 radical (unpaired) electrons. The Morgan fingerprint density at radius 3 is 2.05 bits per heavy atom. The first-order chi connectivity index (χ1) is 19.1. The van der Waals surface area contributed by atoms with Crippen LogP contribution in [0.1, 0.15) is 57.8 Å². The molecule has 2 unspecified atom stereocenters. The van der Waals surface area contributed by atoms with Crippen LogP contribution in [-0.4, -0.2) is 4.98 Å². The second-order valence-corrected chi connectivity index (χ2v) is 10.2. The van der Waals surface area contributed by atoms with Crippen LogP contribution in [0.2, 0.25) is 0 Å². The number of benzene rings is 4. The first-order valence-electron chi connectivity index (χ1n) is 14.2. The summed E-state index contributed by atoms with van der Waals surface area (Å²) in [6.45, 7) is 8.94. The van der Waals surface area contributed by atoms with E-state index in [2.05, 4.69) is 148 Å². The molecule has 39 heavy (non-hydrogen) atoms. The molecule has 4 aromatic carbocycles. The lowest BCUT2D eigenvalue weighted by Gasteiger charge is -2.29. The Morgan fingerprint density at radius 1 is 0.795 bits per heavy atom. The maximum atomic E-state index is 5.30. The van der Waals surface area contributed by atoms with Gasteiger partial charge in [-0.05, 0) is 76.6 Å². The van der Waals surface area contributed by atoms with E-state index < -0.39 is 0 Å². The van der Waals surface area contributed by atoms with Crippen molar-refractivity contribution in [3.63, 3.8) is 0 Å². The number of hydrogen-bond acceptors (Lipinski definition) is 2. The van der Waals surface area contributed by atoms with E-state index in [1.54, 1.807) is 0 Å². The summed E-state index contributed by atoms with van der Waals surface area (Å²) in [6, 6.07) is 36.6. The molecule has 5 rings (SSSR count). The van der Waals surface area contributed by atoms with Crippen LogP contribution >= 0.6 is 0 Å². The molecule has 0 saturated heterocycles. The van der Waals surface area contributed by atoms with Crippen molar-refractivity contribution in [1.82, 2.24) is 10.3 Å². The maximum Gasteiger partial charge on any atom is 0.0950 e. The summed E-state index contributed by atoms with van der Waals surface area (Å²) in [7, 11) is 0. The summed E-state index contributed by atoms with van der Waals surface area (Å²) in [4.78, 5) is 5.30. The molecule has 0 spiro atoms. The number of rotatable bonds is 9. The Labute approximate surface area is 233 Å². The number of pyridine rings is 1. The van der Waals surface area contributed by atoms with Gasteiger partial charge in [0.1, 0.15) is 0 Å². The first-order valence-corrected chi connectivity index (χ1v) is 14.2. The molecular formula is C37H38N2. The lowest BCUT2D eigenvalue weighted by atomic mass is 9.89. The molecule has 0 bridgehead atoms. The van der Waals surface area contributed by atoms with Gasteiger partial charge in [0.15, 0.2) is 0 Å². The third-order valence-corrected chi connectivity index (χ3v) is 7.74. The van der Waals surface area contributed by atoms with Crippen LogP contribution in [-0.2, 0) is 0 Å². The van der Waals surface area contributed by atoms with Crippen LogP contribution in [0.5, 0.6) is 0 Å². The smallest absolute Gasteiger partial charge is 0.0950 e. The Bertz CT molecular complexity index is 1570. The van der Waals surface area contributed by atoms with Gasteiger partial charge in [0, 0.05) is 11.3 Å². The number of nitrogens with one attached hydrogen (secondary N) is 1. The largest absolute Gasteiger partial charge is 0.376 e. The molecule has 0 fully saturated rings. The third-order valence-electron chi connectivity index (χ3n) is 7.74. The van der Waals surface area contributed by atoms with Crippen LogP contribution < -0.4 is 5.32 Å². The van der Waals surface area contributed by atoms with E-state index in [0.29, 0.717) is 5.92 Å². The van der Waals surface area contributed by atoms with Crippen LogP contribution in [0.3, 0.4) is 0 Å². The van der Waals surface area contributed by atoms with Crippen molar-refractivity contribution >= 4 is 21.5 Å². The van der Waals surface area contributed by atoms with Crippen LogP contribution in [0, 0.1) is 5.92 Å². The van der Waals surface area contributed by atoms with Gasteiger partial charge in [-0.3, -0.25) is 4.98 Å². The SMILES string of the molecule is C/C=C\C(CC)=C(\NC(c1cccc(-c2ccccc2)n1)c1c2ccccc2cc2ccccc12)C(C)CC. The molecule has 1 aromatic heterocycles. The maximum absolute atomic E-state index is 5.30. The zero-order chi connectivity index (χ0) is 27.2. The molecule has 0 aliphatic rings. The predicted octanol–water partition coefficient (Wildman–Crippen LogP) is 10.0. The molecule has 5 aromatic rings. The minimum absolute atomic E-state index is 0.125. The number of allylic oxidation sites excluding steroid dienone is 4. The van der Waals surface area contributed by atoms with Gasteiger partial charge < -0.3 is 5.32 Å². The number of hydrogen-bond donors (Lipinski definition) is 1. The van der Waals surface area contributed by atoms with Gasteiger partial charge in [-0.2, -0.15) is 0 Å². The topological polar surface area (TPSA) is 24.9 Å². The highest BCUT2D eigenvalue weighted by atomic mass is 15.0. The zero-order valence-corrected chi connectivity index (χ0v) is 23.5. The Kier molecular flexibility index (Phi) is 8.22. The van der Waals surface area contributed by atoms with Crippen molar-refractivity contribution in [1.29, 1.82) is 0 Å². The highest BCUT2D eigenvalue weighted by molar-refractivity contribution is 6.03. The van der Waals surface area contributed by atoms with Crippen LogP contribution in [0.15, 0.2) is 127 Å².